The Morgan fingerprint density at radius 2 is 1.65 bits per heavy atom. The average Bonchev–Trinajstić information content (AvgIpc) is 2.36. The van der Waals surface area contributed by atoms with Gasteiger partial charge in [0.2, 0.25) is 0 Å². The summed E-state index contributed by atoms with van der Waals surface area (Å²) >= 11 is 0. The Kier molecular flexibility index (Phi) is 3.62. The number of aliphatic hydroxyl groups is 1. The van der Waals surface area contributed by atoms with Crippen LogP contribution in [0.5, 0.6) is 0 Å². The SMILES string of the molecule is Cc1cccc(C)c1C(O)c1cccc(C2CCC2)c1. The Hall–Kier alpha value is -1.60. The summed E-state index contributed by atoms with van der Waals surface area (Å²) in [6.07, 6.45) is 3.41. The van der Waals surface area contributed by atoms with Gasteiger partial charge in [-0.3, -0.25) is 0 Å². The van der Waals surface area contributed by atoms with Gasteiger partial charge in [-0.1, -0.05) is 48.9 Å². The highest BCUT2D eigenvalue weighted by atomic mass is 16.3. The maximum absolute atomic E-state index is 10.8. The molecule has 2 aromatic carbocycles. The molecule has 1 unspecified atom stereocenters. The molecule has 0 spiro atoms. The van der Waals surface area contributed by atoms with Crippen LogP contribution < -0.4 is 0 Å². The van der Waals surface area contributed by atoms with E-state index in [-0.39, 0.29) is 0 Å². The molecular formula is C19H22O. The van der Waals surface area contributed by atoms with Gasteiger partial charge in [-0.2, -0.15) is 0 Å². The molecule has 104 valence electrons. The van der Waals surface area contributed by atoms with Gasteiger partial charge in [-0.25, -0.2) is 0 Å². The molecule has 1 nitrogen and oxygen atoms in total. The Bertz CT molecular complexity index is 591. The van der Waals surface area contributed by atoms with E-state index in [1.54, 1.807) is 0 Å². The highest BCUT2D eigenvalue weighted by Gasteiger charge is 2.21. The lowest BCUT2D eigenvalue weighted by Crippen LogP contribution is -2.10. The fraction of sp³-hybridized carbons (Fsp3) is 0.368. The molecule has 3 rings (SSSR count). The molecule has 1 atom stereocenters. The topological polar surface area (TPSA) is 20.2 Å². The molecule has 0 aromatic heterocycles. The van der Waals surface area contributed by atoms with Crippen molar-refractivity contribution >= 4 is 0 Å². The van der Waals surface area contributed by atoms with Crippen LogP contribution in [0.4, 0.5) is 0 Å². The number of aryl methyl sites for hydroxylation is 2. The van der Waals surface area contributed by atoms with Gasteiger partial charge in [-0.05, 0) is 60.4 Å². The van der Waals surface area contributed by atoms with E-state index < -0.39 is 6.10 Å². The van der Waals surface area contributed by atoms with E-state index in [0.717, 1.165) is 22.3 Å². The van der Waals surface area contributed by atoms with E-state index in [2.05, 4.69) is 44.2 Å². The van der Waals surface area contributed by atoms with E-state index in [4.69, 9.17) is 0 Å². The van der Waals surface area contributed by atoms with E-state index in [1.807, 2.05) is 12.1 Å². The maximum atomic E-state index is 10.8. The summed E-state index contributed by atoms with van der Waals surface area (Å²) in [5, 5.41) is 10.8. The summed E-state index contributed by atoms with van der Waals surface area (Å²) in [4.78, 5) is 0. The Balaban J connectivity index is 1.95. The van der Waals surface area contributed by atoms with Crippen molar-refractivity contribution in [2.24, 2.45) is 0 Å². The molecule has 0 aliphatic heterocycles. The fourth-order valence-corrected chi connectivity index (χ4v) is 3.15. The Morgan fingerprint density at radius 3 is 2.25 bits per heavy atom. The minimum atomic E-state index is -0.517. The minimum absolute atomic E-state index is 0.517. The van der Waals surface area contributed by atoms with Crippen molar-refractivity contribution in [3.8, 4) is 0 Å². The molecule has 20 heavy (non-hydrogen) atoms. The number of aliphatic hydroxyl groups excluding tert-OH is 1. The van der Waals surface area contributed by atoms with Gasteiger partial charge in [0.1, 0.15) is 6.10 Å². The van der Waals surface area contributed by atoms with Crippen LogP contribution in [-0.2, 0) is 0 Å². The summed E-state index contributed by atoms with van der Waals surface area (Å²) in [6, 6.07) is 14.7. The van der Waals surface area contributed by atoms with Crippen LogP contribution in [0.1, 0.15) is 59.1 Å². The largest absolute Gasteiger partial charge is 0.384 e. The van der Waals surface area contributed by atoms with Crippen molar-refractivity contribution in [1.29, 1.82) is 0 Å². The van der Waals surface area contributed by atoms with Gasteiger partial charge in [0.05, 0.1) is 0 Å². The molecule has 1 fully saturated rings. The maximum Gasteiger partial charge on any atom is 0.105 e. The molecule has 1 aliphatic rings. The zero-order chi connectivity index (χ0) is 14.1. The van der Waals surface area contributed by atoms with Crippen molar-refractivity contribution in [2.45, 2.75) is 45.1 Å². The van der Waals surface area contributed by atoms with Crippen molar-refractivity contribution in [3.05, 3.63) is 70.3 Å². The van der Waals surface area contributed by atoms with Crippen LogP contribution in [-0.4, -0.2) is 5.11 Å². The number of rotatable bonds is 3. The van der Waals surface area contributed by atoms with E-state index in [1.165, 1.54) is 24.8 Å². The van der Waals surface area contributed by atoms with E-state index in [9.17, 15) is 5.11 Å². The molecule has 1 saturated carbocycles. The molecule has 1 heteroatoms. The fourth-order valence-electron chi connectivity index (χ4n) is 3.15. The first-order chi connectivity index (χ1) is 9.66. The molecule has 0 radical (unpaired) electrons. The highest BCUT2D eigenvalue weighted by Crippen LogP contribution is 2.37. The van der Waals surface area contributed by atoms with Crippen LogP contribution in [0.15, 0.2) is 42.5 Å². The smallest absolute Gasteiger partial charge is 0.105 e. The minimum Gasteiger partial charge on any atom is -0.384 e. The summed E-state index contributed by atoms with van der Waals surface area (Å²) < 4.78 is 0. The van der Waals surface area contributed by atoms with Gasteiger partial charge < -0.3 is 5.11 Å². The molecular weight excluding hydrogens is 244 g/mol. The third-order valence-electron chi connectivity index (χ3n) is 4.62. The first-order valence-electron chi connectivity index (χ1n) is 7.51. The Labute approximate surface area is 121 Å². The van der Waals surface area contributed by atoms with E-state index >= 15 is 0 Å². The molecule has 1 aliphatic carbocycles. The molecule has 1 N–H and O–H groups in total. The van der Waals surface area contributed by atoms with Crippen molar-refractivity contribution in [1.82, 2.24) is 0 Å². The van der Waals surface area contributed by atoms with Crippen LogP contribution in [0.25, 0.3) is 0 Å². The van der Waals surface area contributed by atoms with Gasteiger partial charge in [0.25, 0.3) is 0 Å². The zero-order valence-corrected chi connectivity index (χ0v) is 12.3. The third-order valence-corrected chi connectivity index (χ3v) is 4.62. The summed E-state index contributed by atoms with van der Waals surface area (Å²) in [5.41, 5.74) is 5.78. The van der Waals surface area contributed by atoms with Crippen molar-refractivity contribution < 1.29 is 5.11 Å². The molecule has 0 heterocycles. The first-order valence-corrected chi connectivity index (χ1v) is 7.51. The average molecular weight is 266 g/mol. The second-order valence-corrected chi connectivity index (χ2v) is 6.01. The second kappa shape index (κ2) is 5.41. The van der Waals surface area contributed by atoms with Crippen LogP contribution in [0, 0.1) is 13.8 Å². The second-order valence-electron chi connectivity index (χ2n) is 6.01. The van der Waals surface area contributed by atoms with Crippen molar-refractivity contribution in [3.63, 3.8) is 0 Å². The summed E-state index contributed by atoms with van der Waals surface area (Å²) in [7, 11) is 0. The number of hydrogen-bond acceptors (Lipinski definition) is 1. The predicted molar refractivity (Wildman–Crippen MR) is 83.0 cm³/mol. The Morgan fingerprint density at radius 1 is 1.00 bits per heavy atom. The predicted octanol–water partition coefficient (Wildman–Crippen LogP) is 4.65. The number of benzene rings is 2. The highest BCUT2D eigenvalue weighted by molar-refractivity contribution is 5.41. The van der Waals surface area contributed by atoms with Gasteiger partial charge in [-0.15, -0.1) is 0 Å². The van der Waals surface area contributed by atoms with Crippen molar-refractivity contribution in [2.75, 3.05) is 0 Å². The van der Waals surface area contributed by atoms with E-state index in [0.29, 0.717) is 5.92 Å². The molecule has 0 bridgehead atoms. The first kappa shape index (κ1) is 13.4. The summed E-state index contributed by atoms with van der Waals surface area (Å²) in [6.45, 7) is 4.14. The van der Waals surface area contributed by atoms with Gasteiger partial charge in [0.15, 0.2) is 0 Å². The molecule has 2 aromatic rings. The third kappa shape index (κ3) is 2.38. The lowest BCUT2D eigenvalue weighted by molar-refractivity contribution is 0.218. The monoisotopic (exact) mass is 266 g/mol. The molecule has 0 amide bonds. The number of hydrogen-bond donors (Lipinski definition) is 1. The standard InChI is InChI=1S/C19H22O/c1-13-6-3-7-14(2)18(13)19(20)17-11-5-10-16(12-17)15-8-4-9-15/h3,5-7,10-12,15,19-20H,4,8-9H2,1-2H3. The van der Waals surface area contributed by atoms with Gasteiger partial charge >= 0.3 is 0 Å². The van der Waals surface area contributed by atoms with Gasteiger partial charge in [0, 0.05) is 0 Å². The lowest BCUT2D eigenvalue weighted by atomic mass is 9.79. The quantitative estimate of drug-likeness (QED) is 0.857. The van der Waals surface area contributed by atoms with Crippen LogP contribution >= 0.6 is 0 Å². The van der Waals surface area contributed by atoms with Crippen LogP contribution in [0.2, 0.25) is 0 Å². The molecule has 0 saturated heterocycles. The zero-order valence-electron chi connectivity index (χ0n) is 12.3. The van der Waals surface area contributed by atoms with Crippen LogP contribution in [0.3, 0.4) is 0 Å². The normalized spacial score (nSPS) is 16.8. The lowest BCUT2D eigenvalue weighted by Gasteiger charge is -2.27. The summed E-state index contributed by atoms with van der Waals surface area (Å²) in [5.74, 6) is 0.708.